The Labute approximate surface area is 199 Å². The van der Waals surface area contributed by atoms with Crippen molar-refractivity contribution in [2.45, 2.75) is 45.4 Å². The number of hydrogen-bond acceptors (Lipinski definition) is 7. The molecule has 0 spiro atoms. The summed E-state index contributed by atoms with van der Waals surface area (Å²) in [6.45, 7) is 3.54. The highest BCUT2D eigenvalue weighted by Gasteiger charge is 2.30. The van der Waals surface area contributed by atoms with E-state index in [0.717, 1.165) is 0 Å². The minimum atomic E-state index is -1.08. The van der Waals surface area contributed by atoms with Crippen molar-refractivity contribution in [3.8, 4) is 0 Å². The first-order valence-electron chi connectivity index (χ1n) is 9.73. The number of hydroxylamine groups is 1. The fraction of sp³-hybridized carbons (Fsp3) is 0.400. The number of halogens is 2. The molecular weight excluding hydrogens is 479 g/mol. The third-order valence-corrected chi connectivity index (χ3v) is 5.77. The summed E-state index contributed by atoms with van der Waals surface area (Å²) in [5.74, 6) is -1.65. The van der Waals surface area contributed by atoms with Gasteiger partial charge in [-0.05, 0) is 29.7 Å². The summed E-state index contributed by atoms with van der Waals surface area (Å²) in [5.41, 5.74) is 4.30. The standard InChI is InChI=1S/C20H24Cl2N4O5S/c1-3-11(2)17(25-20(29)31-8-12-4-13(21)6-14(22)5-12)19(28)24-16(18(27)26-30)7-15-9-32-10-23-15/h4-6,9-11,16-17,30H,3,7-8H2,1-2H3,(H,24,28)(H,25,29)(H,26,27)/t11-,16-,17-/m1/s1. The second-order valence-corrected chi connectivity index (χ2v) is 8.67. The molecule has 1 aromatic heterocycles. The number of rotatable bonds is 10. The molecule has 3 atom stereocenters. The summed E-state index contributed by atoms with van der Waals surface area (Å²) < 4.78 is 5.20. The number of carbonyl (C=O) groups excluding carboxylic acids is 3. The van der Waals surface area contributed by atoms with Gasteiger partial charge in [-0.2, -0.15) is 0 Å². The van der Waals surface area contributed by atoms with Crippen LogP contribution in [0.5, 0.6) is 0 Å². The normalized spacial score (nSPS) is 13.5. The fourth-order valence-electron chi connectivity index (χ4n) is 2.81. The first-order chi connectivity index (χ1) is 15.2. The van der Waals surface area contributed by atoms with Crippen LogP contribution in [0.1, 0.15) is 31.5 Å². The summed E-state index contributed by atoms with van der Waals surface area (Å²) >= 11 is 13.2. The van der Waals surface area contributed by atoms with E-state index in [4.69, 9.17) is 33.1 Å². The number of alkyl carbamates (subject to hydrolysis) is 1. The van der Waals surface area contributed by atoms with Crippen LogP contribution in [-0.2, 0) is 27.4 Å². The summed E-state index contributed by atoms with van der Waals surface area (Å²) in [5, 5.41) is 16.7. The Morgan fingerprint density at radius 3 is 2.41 bits per heavy atom. The molecule has 0 aliphatic carbocycles. The van der Waals surface area contributed by atoms with Crippen LogP contribution in [0.15, 0.2) is 29.1 Å². The lowest BCUT2D eigenvalue weighted by molar-refractivity contribution is -0.135. The van der Waals surface area contributed by atoms with Crippen LogP contribution in [0, 0.1) is 5.92 Å². The lowest BCUT2D eigenvalue weighted by Gasteiger charge is -2.25. The minimum absolute atomic E-state index is 0.0782. The van der Waals surface area contributed by atoms with Crippen molar-refractivity contribution in [2.75, 3.05) is 0 Å². The van der Waals surface area contributed by atoms with Crippen molar-refractivity contribution >= 4 is 52.4 Å². The van der Waals surface area contributed by atoms with Crippen molar-refractivity contribution in [1.82, 2.24) is 21.1 Å². The fourth-order valence-corrected chi connectivity index (χ4v) is 3.95. The zero-order valence-corrected chi connectivity index (χ0v) is 19.8. The molecule has 0 saturated carbocycles. The van der Waals surface area contributed by atoms with E-state index in [1.807, 2.05) is 6.92 Å². The number of amides is 3. The van der Waals surface area contributed by atoms with E-state index in [-0.39, 0.29) is 18.9 Å². The summed E-state index contributed by atoms with van der Waals surface area (Å²) in [4.78, 5) is 41.4. The van der Waals surface area contributed by atoms with Crippen molar-refractivity contribution < 1.29 is 24.3 Å². The van der Waals surface area contributed by atoms with Gasteiger partial charge in [0.15, 0.2) is 0 Å². The highest BCUT2D eigenvalue weighted by atomic mass is 35.5. The molecule has 0 bridgehead atoms. The maximum atomic E-state index is 12.9. The summed E-state index contributed by atoms with van der Waals surface area (Å²) in [6, 6.07) is 2.72. The first kappa shape index (κ1) is 25.9. The lowest BCUT2D eigenvalue weighted by Crippen LogP contribution is -2.56. The molecule has 2 rings (SSSR count). The van der Waals surface area contributed by atoms with Crippen LogP contribution in [0.4, 0.5) is 4.79 Å². The zero-order valence-electron chi connectivity index (χ0n) is 17.4. The van der Waals surface area contributed by atoms with E-state index in [1.54, 1.807) is 41.5 Å². The van der Waals surface area contributed by atoms with Gasteiger partial charge in [0.2, 0.25) is 5.91 Å². The third-order valence-electron chi connectivity index (χ3n) is 4.70. The molecule has 174 valence electrons. The molecule has 0 unspecified atom stereocenters. The number of hydrogen-bond donors (Lipinski definition) is 4. The molecular formula is C20H24Cl2N4O5S. The highest BCUT2D eigenvalue weighted by molar-refractivity contribution is 7.07. The second kappa shape index (κ2) is 12.6. The molecule has 1 heterocycles. The molecule has 0 radical (unpaired) electrons. The maximum Gasteiger partial charge on any atom is 0.408 e. The largest absolute Gasteiger partial charge is 0.445 e. The van der Waals surface area contributed by atoms with Gasteiger partial charge in [-0.15, -0.1) is 11.3 Å². The van der Waals surface area contributed by atoms with E-state index in [0.29, 0.717) is 27.7 Å². The van der Waals surface area contributed by atoms with E-state index >= 15 is 0 Å². The topological polar surface area (TPSA) is 130 Å². The van der Waals surface area contributed by atoms with E-state index in [9.17, 15) is 14.4 Å². The Bertz CT molecular complexity index is 908. The Morgan fingerprint density at radius 2 is 1.84 bits per heavy atom. The minimum Gasteiger partial charge on any atom is -0.445 e. The molecule has 3 amide bonds. The van der Waals surface area contributed by atoms with Gasteiger partial charge in [-0.1, -0.05) is 43.5 Å². The Hall–Kier alpha value is -2.40. The summed E-state index contributed by atoms with van der Waals surface area (Å²) in [7, 11) is 0. The predicted octanol–water partition coefficient (Wildman–Crippen LogP) is 3.32. The maximum absolute atomic E-state index is 12.9. The molecule has 0 aliphatic rings. The first-order valence-corrected chi connectivity index (χ1v) is 11.4. The molecule has 0 fully saturated rings. The number of nitrogens with one attached hydrogen (secondary N) is 3. The monoisotopic (exact) mass is 502 g/mol. The average Bonchev–Trinajstić information content (AvgIpc) is 3.26. The van der Waals surface area contributed by atoms with Crippen molar-refractivity contribution in [1.29, 1.82) is 0 Å². The van der Waals surface area contributed by atoms with Crippen LogP contribution < -0.4 is 16.1 Å². The molecule has 1 aromatic carbocycles. The van der Waals surface area contributed by atoms with Crippen molar-refractivity contribution in [2.24, 2.45) is 5.92 Å². The van der Waals surface area contributed by atoms with Gasteiger partial charge in [0.25, 0.3) is 5.91 Å². The van der Waals surface area contributed by atoms with E-state index in [1.165, 1.54) is 11.3 Å². The van der Waals surface area contributed by atoms with Gasteiger partial charge >= 0.3 is 6.09 Å². The van der Waals surface area contributed by atoms with Gasteiger partial charge in [0.1, 0.15) is 18.7 Å². The SMILES string of the molecule is CC[C@@H](C)[C@@H](NC(=O)OCc1cc(Cl)cc(Cl)c1)C(=O)N[C@H](Cc1cscn1)C(=O)NO. The second-order valence-electron chi connectivity index (χ2n) is 7.08. The predicted molar refractivity (Wildman–Crippen MR) is 121 cm³/mol. The number of carbonyl (C=O) groups is 3. The van der Waals surface area contributed by atoms with Crippen LogP contribution in [-0.4, -0.2) is 40.2 Å². The Balaban J connectivity index is 2.04. The molecule has 0 saturated heterocycles. The average molecular weight is 503 g/mol. The van der Waals surface area contributed by atoms with Crippen LogP contribution >= 0.6 is 34.5 Å². The molecule has 32 heavy (non-hydrogen) atoms. The number of aromatic nitrogens is 1. The van der Waals surface area contributed by atoms with Gasteiger partial charge < -0.3 is 15.4 Å². The summed E-state index contributed by atoms with van der Waals surface area (Å²) in [6.07, 6.45) is -0.163. The van der Waals surface area contributed by atoms with E-state index < -0.39 is 30.0 Å². The number of benzene rings is 1. The van der Waals surface area contributed by atoms with Gasteiger partial charge in [0, 0.05) is 21.8 Å². The molecule has 0 aliphatic heterocycles. The van der Waals surface area contributed by atoms with Crippen molar-refractivity contribution in [3.63, 3.8) is 0 Å². The quantitative estimate of drug-likeness (QED) is 0.291. The van der Waals surface area contributed by atoms with Gasteiger partial charge in [-0.25, -0.2) is 15.3 Å². The van der Waals surface area contributed by atoms with Gasteiger partial charge in [-0.3, -0.25) is 14.8 Å². The number of thiazole rings is 1. The molecule has 12 heteroatoms. The highest BCUT2D eigenvalue weighted by Crippen LogP contribution is 2.19. The molecule has 4 N–H and O–H groups in total. The molecule has 2 aromatic rings. The van der Waals surface area contributed by atoms with Gasteiger partial charge in [0.05, 0.1) is 11.2 Å². The zero-order chi connectivity index (χ0) is 23.7. The van der Waals surface area contributed by atoms with E-state index in [2.05, 4.69) is 15.6 Å². The van der Waals surface area contributed by atoms with Crippen molar-refractivity contribution in [3.05, 3.63) is 50.4 Å². The molecule has 9 nitrogen and oxygen atoms in total. The Morgan fingerprint density at radius 1 is 1.16 bits per heavy atom. The van der Waals surface area contributed by atoms with Crippen LogP contribution in [0.2, 0.25) is 10.0 Å². The third kappa shape index (κ3) is 7.94. The van der Waals surface area contributed by atoms with Crippen LogP contribution in [0.3, 0.4) is 0 Å². The lowest BCUT2D eigenvalue weighted by atomic mass is 9.98. The number of nitrogens with zero attached hydrogens (tertiary/aromatic N) is 1. The Kier molecular flexibility index (Phi) is 10.2. The number of ether oxygens (including phenoxy) is 1. The smallest absolute Gasteiger partial charge is 0.408 e. The van der Waals surface area contributed by atoms with Crippen LogP contribution in [0.25, 0.3) is 0 Å².